The molecule has 3 rings (SSSR count). The molecule has 1 aliphatic heterocycles. The maximum atomic E-state index is 12.6. The number of nitriles is 3. The van der Waals surface area contributed by atoms with Crippen LogP contribution in [0.5, 0.6) is 0 Å². The predicted octanol–water partition coefficient (Wildman–Crippen LogP) is 2.27. The molecule has 0 amide bonds. The van der Waals surface area contributed by atoms with Gasteiger partial charge in [-0.2, -0.15) is 20.9 Å². The monoisotopic (exact) mass is 423 g/mol. The molecular formula is C19H17N7O3S. The van der Waals surface area contributed by atoms with E-state index in [0.29, 0.717) is 24.6 Å². The van der Waals surface area contributed by atoms with Gasteiger partial charge in [-0.1, -0.05) is 0 Å². The molecule has 1 aromatic heterocycles. The van der Waals surface area contributed by atoms with Crippen LogP contribution >= 0.6 is 0 Å². The van der Waals surface area contributed by atoms with E-state index in [2.05, 4.69) is 15.1 Å². The molecule has 0 spiro atoms. The molecule has 1 saturated heterocycles. The van der Waals surface area contributed by atoms with Gasteiger partial charge in [0.25, 0.3) is 10.0 Å². The third-order valence-electron chi connectivity index (χ3n) is 4.44. The van der Waals surface area contributed by atoms with Crippen molar-refractivity contribution in [2.75, 3.05) is 23.3 Å². The lowest BCUT2D eigenvalue weighted by molar-refractivity contribution is 0.0662. The minimum absolute atomic E-state index is 0.00939. The fourth-order valence-corrected chi connectivity index (χ4v) is 3.93. The average molecular weight is 423 g/mol. The predicted molar refractivity (Wildman–Crippen MR) is 106 cm³/mol. The van der Waals surface area contributed by atoms with Gasteiger partial charge >= 0.3 is 0 Å². The largest absolute Gasteiger partial charge is 0.381 e. The van der Waals surface area contributed by atoms with Crippen molar-refractivity contribution in [2.24, 2.45) is 0 Å². The van der Waals surface area contributed by atoms with Gasteiger partial charge in [-0.25, -0.2) is 8.42 Å². The van der Waals surface area contributed by atoms with Crippen LogP contribution in [0.25, 0.3) is 0 Å². The molecule has 152 valence electrons. The Morgan fingerprint density at radius 1 is 1.07 bits per heavy atom. The van der Waals surface area contributed by atoms with E-state index in [9.17, 15) is 8.42 Å². The summed E-state index contributed by atoms with van der Waals surface area (Å²) < 4.78 is 34.8. The van der Waals surface area contributed by atoms with Crippen molar-refractivity contribution < 1.29 is 13.2 Å². The van der Waals surface area contributed by atoms with Gasteiger partial charge in [0, 0.05) is 25.1 Å². The van der Waals surface area contributed by atoms with E-state index in [-0.39, 0.29) is 22.2 Å². The van der Waals surface area contributed by atoms with E-state index in [1.807, 2.05) is 0 Å². The zero-order valence-electron chi connectivity index (χ0n) is 15.7. The molecule has 11 heteroatoms. The molecule has 2 N–H and O–H groups in total. The molecule has 10 nitrogen and oxygen atoms in total. The molecule has 1 fully saturated rings. The standard InChI is InChI=1S/C19H17N7O3S/c20-9-14(10-21)19(11-22)24-15-1-3-18(4-2-15)30(27,28)25-16-12-23-26(13-16)17-5-7-29-8-6-17/h1-4,12-13,17,24-25H,5-8H2. The molecule has 1 aliphatic rings. The van der Waals surface area contributed by atoms with E-state index in [0.717, 1.165) is 12.8 Å². The van der Waals surface area contributed by atoms with E-state index < -0.39 is 10.0 Å². The first kappa shape index (κ1) is 20.9. The van der Waals surface area contributed by atoms with Gasteiger partial charge in [-0.3, -0.25) is 9.40 Å². The van der Waals surface area contributed by atoms with Crippen molar-refractivity contribution in [1.82, 2.24) is 9.78 Å². The maximum Gasteiger partial charge on any atom is 0.261 e. The molecule has 30 heavy (non-hydrogen) atoms. The van der Waals surface area contributed by atoms with Crippen LogP contribution in [0.15, 0.2) is 52.8 Å². The molecule has 2 aromatic rings. The Labute approximate surface area is 173 Å². The molecule has 0 bridgehead atoms. The van der Waals surface area contributed by atoms with Gasteiger partial charge in [0.15, 0.2) is 5.57 Å². The average Bonchev–Trinajstić information content (AvgIpc) is 3.22. The fourth-order valence-electron chi connectivity index (χ4n) is 2.90. The summed E-state index contributed by atoms with van der Waals surface area (Å²) in [6, 6.07) is 10.7. The Balaban J connectivity index is 1.72. The number of allylic oxidation sites excluding steroid dienone is 2. The van der Waals surface area contributed by atoms with Crippen LogP contribution in [-0.2, 0) is 14.8 Å². The van der Waals surface area contributed by atoms with E-state index >= 15 is 0 Å². The van der Waals surface area contributed by atoms with Gasteiger partial charge < -0.3 is 10.1 Å². The number of hydrogen-bond donors (Lipinski definition) is 2. The number of benzene rings is 1. The molecule has 1 aromatic carbocycles. The van der Waals surface area contributed by atoms with Crippen molar-refractivity contribution in [3.63, 3.8) is 0 Å². The molecule has 2 heterocycles. The van der Waals surface area contributed by atoms with Crippen LogP contribution in [0.1, 0.15) is 18.9 Å². The van der Waals surface area contributed by atoms with Gasteiger partial charge in [-0.15, -0.1) is 0 Å². The number of anilines is 2. The number of hydrogen-bond acceptors (Lipinski definition) is 8. The number of aromatic nitrogens is 2. The Kier molecular flexibility index (Phi) is 6.33. The lowest BCUT2D eigenvalue weighted by Crippen LogP contribution is -2.19. The van der Waals surface area contributed by atoms with E-state index in [4.69, 9.17) is 20.5 Å². The summed E-state index contributed by atoms with van der Waals surface area (Å²) in [5.41, 5.74) is 0.138. The number of nitrogens with one attached hydrogen (secondary N) is 2. The first-order chi connectivity index (χ1) is 14.5. The number of nitrogens with zero attached hydrogens (tertiary/aromatic N) is 5. The van der Waals surface area contributed by atoms with Gasteiger partial charge in [-0.05, 0) is 37.1 Å². The zero-order valence-corrected chi connectivity index (χ0v) is 16.6. The third kappa shape index (κ3) is 4.76. The zero-order chi connectivity index (χ0) is 21.6. The van der Waals surface area contributed by atoms with Crippen LogP contribution in [0, 0.1) is 34.0 Å². The van der Waals surface area contributed by atoms with Crippen LogP contribution in [0.2, 0.25) is 0 Å². The van der Waals surface area contributed by atoms with E-state index in [1.54, 1.807) is 29.1 Å². The van der Waals surface area contributed by atoms with Crippen LogP contribution in [0.3, 0.4) is 0 Å². The highest BCUT2D eigenvalue weighted by molar-refractivity contribution is 7.92. The second kappa shape index (κ2) is 9.10. The number of rotatable bonds is 6. The van der Waals surface area contributed by atoms with Crippen LogP contribution < -0.4 is 10.0 Å². The van der Waals surface area contributed by atoms with Gasteiger partial charge in [0.2, 0.25) is 0 Å². The van der Waals surface area contributed by atoms with Crippen LogP contribution in [-0.4, -0.2) is 31.4 Å². The first-order valence-electron chi connectivity index (χ1n) is 8.93. The van der Waals surface area contributed by atoms with Gasteiger partial charge in [0.1, 0.15) is 23.9 Å². The van der Waals surface area contributed by atoms with Gasteiger partial charge in [0.05, 0.1) is 22.8 Å². The quantitative estimate of drug-likeness (QED) is 0.670. The summed E-state index contributed by atoms with van der Waals surface area (Å²) in [5.74, 6) is 0. The smallest absolute Gasteiger partial charge is 0.261 e. The molecular weight excluding hydrogens is 406 g/mol. The highest BCUT2D eigenvalue weighted by Crippen LogP contribution is 2.23. The maximum absolute atomic E-state index is 12.6. The molecule has 0 atom stereocenters. The highest BCUT2D eigenvalue weighted by atomic mass is 32.2. The second-order valence-electron chi connectivity index (χ2n) is 6.39. The summed E-state index contributed by atoms with van der Waals surface area (Å²) in [4.78, 5) is 0.00939. The Bertz CT molecular complexity index is 1160. The van der Waals surface area contributed by atoms with Crippen molar-refractivity contribution in [3.8, 4) is 18.2 Å². The summed E-state index contributed by atoms with van der Waals surface area (Å²) in [5, 5.41) is 33.7. The minimum Gasteiger partial charge on any atom is -0.381 e. The lowest BCUT2D eigenvalue weighted by atomic mass is 10.1. The molecule has 0 saturated carbocycles. The number of ether oxygens (including phenoxy) is 1. The van der Waals surface area contributed by atoms with Crippen molar-refractivity contribution in [3.05, 3.63) is 47.9 Å². The summed E-state index contributed by atoms with van der Waals surface area (Å²) in [7, 11) is -3.84. The third-order valence-corrected chi connectivity index (χ3v) is 5.84. The van der Waals surface area contributed by atoms with E-state index in [1.165, 1.54) is 30.5 Å². The summed E-state index contributed by atoms with van der Waals surface area (Å²) >= 11 is 0. The Morgan fingerprint density at radius 3 is 2.33 bits per heavy atom. The molecule has 0 unspecified atom stereocenters. The SMILES string of the molecule is N#CC(C#N)=C(C#N)Nc1ccc(S(=O)(=O)Nc2cnn(C3CCOCC3)c2)cc1. The minimum atomic E-state index is -3.84. The second-order valence-corrected chi connectivity index (χ2v) is 8.08. The first-order valence-corrected chi connectivity index (χ1v) is 10.4. The fraction of sp³-hybridized carbons (Fsp3) is 0.263. The lowest BCUT2D eigenvalue weighted by Gasteiger charge is -2.22. The normalized spacial score (nSPS) is 14.0. The highest BCUT2D eigenvalue weighted by Gasteiger charge is 2.19. The topological polar surface area (TPSA) is 157 Å². The Hall–Kier alpha value is -3.85. The summed E-state index contributed by atoms with van der Waals surface area (Å²) in [6.07, 6.45) is 4.75. The molecule has 0 aliphatic carbocycles. The number of sulfonamides is 1. The van der Waals surface area contributed by atoms with Crippen molar-refractivity contribution in [1.29, 1.82) is 15.8 Å². The Morgan fingerprint density at radius 2 is 1.73 bits per heavy atom. The van der Waals surface area contributed by atoms with Crippen molar-refractivity contribution in [2.45, 2.75) is 23.8 Å². The van der Waals surface area contributed by atoms with Crippen LogP contribution in [0.4, 0.5) is 11.4 Å². The van der Waals surface area contributed by atoms with Crippen molar-refractivity contribution >= 4 is 21.4 Å². The summed E-state index contributed by atoms with van der Waals surface area (Å²) in [6.45, 7) is 1.30. The molecule has 0 radical (unpaired) electrons.